The molecule has 0 bridgehead atoms. The van der Waals surface area contributed by atoms with Gasteiger partial charge in [-0.15, -0.1) is 0 Å². The number of hydrogen-bond donors (Lipinski definition) is 0. The standard InChI is InChI=1S/C23H31NO4/c1-5-7-8-9-10-12-21(26)15-18(17(3)25)13-19-14-20(11-6-2)24-16-22(19)23(27)28-4/h6,11,13-14,16H,5,7-10,12,15H2,1-4H3/b11-6+,18-13+. The zero-order valence-electron chi connectivity index (χ0n) is 17.4. The van der Waals surface area contributed by atoms with Crippen LogP contribution in [0.4, 0.5) is 0 Å². The Kier molecular flexibility index (Phi) is 10.7. The second-order valence-corrected chi connectivity index (χ2v) is 6.79. The Bertz CT molecular complexity index is 747. The van der Waals surface area contributed by atoms with E-state index in [0.717, 1.165) is 25.7 Å². The molecule has 0 radical (unpaired) electrons. The second kappa shape index (κ2) is 12.8. The number of ether oxygens (including phenoxy) is 1. The van der Waals surface area contributed by atoms with Gasteiger partial charge in [-0.05, 0) is 44.1 Å². The Hall–Kier alpha value is -2.56. The van der Waals surface area contributed by atoms with E-state index >= 15 is 0 Å². The lowest BCUT2D eigenvalue weighted by atomic mass is 9.97. The highest BCUT2D eigenvalue weighted by atomic mass is 16.5. The minimum absolute atomic E-state index is 0.0419. The van der Waals surface area contributed by atoms with Gasteiger partial charge in [-0.25, -0.2) is 4.79 Å². The number of Topliss-reactive ketones (excluding diaryl/α,β-unsaturated/α-hetero) is 2. The van der Waals surface area contributed by atoms with Gasteiger partial charge in [0.25, 0.3) is 0 Å². The largest absolute Gasteiger partial charge is 0.465 e. The summed E-state index contributed by atoms with van der Waals surface area (Å²) in [5, 5.41) is 0. The van der Waals surface area contributed by atoms with E-state index in [0.29, 0.717) is 23.3 Å². The molecule has 0 fully saturated rings. The molecule has 1 rings (SSSR count). The number of hydrogen-bond acceptors (Lipinski definition) is 5. The average molecular weight is 386 g/mol. The number of aromatic nitrogens is 1. The highest BCUT2D eigenvalue weighted by Crippen LogP contribution is 2.19. The third kappa shape index (κ3) is 7.99. The normalized spacial score (nSPS) is 11.6. The van der Waals surface area contributed by atoms with E-state index in [-0.39, 0.29) is 23.6 Å². The van der Waals surface area contributed by atoms with Crippen LogP contribution in [0.3, 0.4) is 0 Å². The van der Waals surface area contributed by atoms with Gasteiger partial charge in [0.05, 0.1) is 18.4 Å². The first-order valence-corrected chi connectivity index (χ1v) is 9.87. The predicted molar refractivity (Wildman–Crippen MR) is 112 cm³/mol. The van der Waals surface area contributed by atoms with Crippen molar-refractivity contribution in [3.05, 3.63) is 40.7 Å². The Morgan fingerprint density at radius 2 is 1.86 bits per heavy atom. The Morgan fingerprint density at radius 1 is 1.14 bits per heavy atom. The molecule has 0 saturated carbocycles. The predicted octanol–water partition coefficient (Wildman–Crippen LogP) is 5.19. The summed E-state index contributed by atoms with van der Waals surface area (Å²) >= 11 is 0. The van der Waals surface area contributed by atoms with Crippen LogP contribution in [0.2, 0.25) is 0 Å². The molecule has 0 unspecified atom stereocenters. The van der Waals surface area contributed by atoms with Crippen LogP contribution in [-0.4, -0.2) is 29.6 Å². The van der Waals surface area contributed by atoms with E-state index in [4.69, 9.17) is 4.74 Å². The van der Waals surface area contributed by atoms with Crippen LogP contribution in [0, 0.1) is 0 Å². The first-order chi connectivity index (χ1) is 13.4. The SMILES string of the molecule is C/C=C/c1cc(/C=C(\CC(=O)CCCCCCC)C(C)=O)c(C(=O)OC)cn1. The number of unbranched alkanes of at least 4 members (excludes halogenated alkanes) is 4. The highest BCUT2D eigenvalue weighted by Gasteiger charge is 2.15. The topological polar surface area (TPSA) is 73.3 Å². The number of nitrogens with zero attached hydrogens (tertiary/aromatic N) is 1. The summed E-state index contributed by atoms with van der Waals surface area (Å²) in [6.07, 6.45) is 12.6. The summed E-state index contributed by atoms with van der Waals surface area (Å²) in [5.41, 5.74) is 1.84. The summed E-state index contributed by atoms with van der Waals surface area (Å²) in [4.78, 5) is 40.7. The van der Waals surface area contributed by atoms with Gasteiger partial charge in [0.15, 0.2) is 5.78 Å². The fraction of sp³-hybridized carbons (Fsp3) is 0.478. The maximum absolute atomic E-state index is 12.3. The molecular formula is C23H31NO4. The van der Waals surface area contributed by atoms with Crippen LogP contribution < -0.4 is 0 Å². The molecule has 28 heavy (non-hydrogen) atoms. The molecule has 1 heterocycles. The van der Waals surface area contributed by atoms with Gasteiger partial charge in [0.2, 0.25) is 0 Å². The maximum Gasteiger partial charge on any atom is 0.340 e. The van der Waals surface area contributed by atoms with Gasteiger partial charge >= 0.3 is 5.97 Å². The van der Waals surface area contributed by atoms with Gasteiger partial charge < -0.3 is 4.74 Å². The maximum atomic E-state index is 12.3. The highest BCUT2D eigenvalue weighted by molar-refractivity contribution is 6.04. The number of ketones is 2. The fourth-order valence-corrected chi connectivity index (χ4v) is 2.84. The van der Waals surface area contributed by atoms with E-state index < -0.39 is 5.97 Å². The van der Waals surface area contributed by atoms with Gasteiger partial charge in [-0.3, -0.25) is 14.6 Å². The second-order valence-electron chi connectivity index (χ2n) is 6.79. The number of esters is 1. The van der Waals surface area contributed by atoms with E-state index in [2.05, 4.69) is 11.9 Å². The van der Waals surface area contributed by atoms with Crippen molar-refractivity contribution in [2.75, 3.05) is 7.11 Å². The van der Waals surface area contributed by atoms with Gasteiger partial charge in [-0.1, -0.05) is 38.7 Å². The Labute approximate surface area is 167 Å². The molecule has 5 heteroatoms. The van der Waals surface area contributed by atoms with Gasteiger partial charge in [-0.2, -0.15) is 0 Å². The number of pyridine rings is 1. The van der Waals surface area contributed by atoms with Gasteiger partial charge in [0, 0.05) is 24.6 Å². The number of allylic oxidation sites excluding steroid dienone is 2. The summed E-state index contributed by atoms with van der Waals surface area (Å²) < 4.78 is 4.81. The third-order valence-corrected chi connectivity index (χ3v) is 4.43. The van der Waals surface area contributed by atoms with Crippen molar-refractivity contribution in [1.82, 2.24) is 4.98 Å². The minimum atomic E-state index is -0.532. The quantitative estimate of drug-likeness (QED) is 0.281. The lowest BCUT2D eigenvalue weighted by Gasteiger charge is -2.08. The molecule has 0 amide bonds. The number of methoxy groups -OCH3 is 1. The van der Waals surface area contributed by atoms with Crippen molar-refractivity contribution in [3.63, 3.8) is 0 Å². The zero-order valence-corrected chi connectivity index (χ0v) is 17.4. The van der Waals surface area contributed by atoms with E-state index in [9.17, 15) is 14.4 Å². The third-order valence-electron chi connectivity index (χ3n) is 4.43. The molecule has 5 nitrogen and oxygen atoms in total. The number of carbonyl (C=O) groups excluding carboxylic acids is 3. The summed E-state index contributed by atoms with van der Waals surface area (Å²) in [6.45, 7) is 5.45. The molecule has 0 saturated heterocycles. The van der Waals surface area contributed by atoms with Crippen molar-refractivity contribution < 1.29 is 19.1 Å². The van der Waals surface area contributed by atoms with Crippen LogP contribution >= 0.6 is 0 Å². The first kappa shape index (κ1) is 23.5. The molecule has 0 aliphatic rings. The fourth-order valence-electron chi connectivity index (χ4n) is 2.84. The minimum Gasteiger partial charge on any atom is -0.465 e. The molecule has 0 aromatic carbocycles. The van der Waals surface area contributed by atoms with Crippen molar-refractivity contribution in [1.29, 1.82) is 0 Å². The van der Waals surface area contributed by atoms with Crippen molar-refractivity contribution >= 4 is 29.7 Å². The first-order valence-electron chi connectivity index (χ1n) is 9.87. The molecule has 0 atom stereocenters. The lowest BCUT2D eigenvalue weighted by Crippen LogP contribution is -2.08. The van der Waals surface area contributed by atoms with E-state index in [1.54, 1.807) is 18.2 Å². The van der Waals surface area contributed by atoms with E-state index in [1.807, 2.05) is 13.0 Å². The van der Waals surface area contributed by atoms with Crippen LogP contribution in [-0.2, 0) is 14.3 Å². The monoisotopic (exact) mass is 385 g/mol. The molecule has 0 spiro atoms. The molecule has 0 aliphatic heterocycles. The average Bonchev–Trinajstić information content (AvgIpc) is 2.67. The van der Waals surface area contributed by atoms with E-state index in [1.165, 1.54) is 26.7 Å². The molecule has 0 N–H and O–H groups in total. The Morgan fingerprint density at radius 3 is 2.46 bits per heavy atom. The zero-order chi connectivity index (χ0) is 20.9. The molecule has 152 valence electrons. The lowest BCUT2D eigenvalue weighted by molar-refractivity contribution is -0.120. The molecule has 1 aromatic heterocycles. The molecular weight excluding hydrogens is 354 g/mol. The van der Waals surface area contributed by atoms with Gasteiger partial charge in [0.1, 0.15) is 5.78 Å². The molecule has 0 aliphatic carbocycles. The summed E-state index contributed by atoms with van der Waals surface area (Å²) in [5.74, 6) is -0.671. The Balaban J connectivity index is 3.03. The smallest absolute Gasteiger partial charge is 0.340 e. The van der Waals surface area contributed by atoms with Crippen molar-refractivity contribution in [3.8, 4) is 0 Å². The van der Waals surface area contributed by atoms with Crippen molar-refractivity contribution in [2.45, 2.75) is 65.7 Å². The number of rotatable bonds is 12. The van der Waals surface area contributed by atoms with Crippen molar-refractivity contribution in [2.24, 2.45) is 0 Å². The summed E-state index contributed by atoms with van der Waals surface area (Å²) in [6, 6.07) is 1.71. The van der Waals surface area contributed by atoms with Crippen LogP contribution in [0.1, 0.15) is 87.3 Å². The summed E-state index contributed by atoms with van der Waals surface area (Å²) in [7, 11) is 1.30. The van der Waals surface area contributed by atoms with Crippen LogP contribution in [0.15, 0.2) is 23.9 Å². The number of carbonyl (C=O) groups is 3. The van der Waals surface area contributed by atoms with Crippen LogP contribution in [0.5, 0.6) is 0 Å². The molecule has 1 aromatic rings. The van der Waals surface area contributed by atoms with Crippen LogP contribution in [0.25, 0.3) is 12.2 Å².